The van der Waals surface area contributed by atoms with Crippen LogP contribution in [-0.4, -0.2) is 73.2 Å². The van der Waals surface area contributed by atoms with Crippen LogP contribution in [0.25, 0.3) is 0 Å². The Kier molecular flexibility index (Phi) is 7.82. The molecule has 2 N–H and O–H groups in total. The molecular formula is C20H29N3O4. The number of ether oxygens (including phenoxy) is 1. The molecular weight excluding hydrogens is 346 g/mol. The molecule has 0 aliphatic carbocycles. The van der Waals surface area contributed by atoms with Gasteiger partial charge in [-0.15, -0.1) is 0 Å². The minimum Gasteiger partial charge on any atom is -0.497 e. The number of carboxylic acid groups (broad SMARTS) is 1. The lowest BCUT2D eigenvalue weighted by Gasteiger charge is -2.35. The zero-order chi connectivity index (χ0) is 19.8. The number of hydrogen-bond donors (Lipinski definition) is 2. The molecule has 1 aromatic carbocycles. The van der Waals surface area contributed by atoms with Gasteiger partial charge >= 0.3 is 5.97 Å². The summed E-state index contributed by atoms with van der Waals surface area (Å²) in [6, 6.07) is 7.00. The molecule has 1 atom stereocenters. The van der Waals surface area contributed by atoms with E-state index in [2.05, 4.69) is 21.7 Å². The Morgan fingerprint density at radius 1 is 1.26 bits per heavy atom. The van der Waals surface area contributed by atoms with Crippen molar-refractivity contribution in [1.82, 2.24) is 9.80 Å². The minimum atomic E-state index is -0.944. The molecule has 1 fully saturated rings. The second-order valence-electron chi connectivity index (χ2n) is 7.05. The number of anilines is 1. The van der Waals surface area contributed by atoms with Gasteiger partial charge in [-0.05, 0) is 19.1 Å². The average molecular weight is 375 g/mol. The summed E-state index contributed by atoms with van der Waals surface area (Å²) in [7, 11) is 1.55. The molecule has 0 saturated carbocycles. The van der Waals surface area contributed by atoms with E-state index in [1.807, 2.05) is 6.92 Å². The van der Waals surface area contributed by atoms with Crippen LogP contribution in [0.1, 0.15) is 13.3 Å². The van der Waals surface area contributed by atoms with Gasteiger partial charge in [-0.25, -0.2) is 0 Å². The molecule has 27 heavy (non-hydrogen) atoms. The summed E-state index contributed by atoms with van der Waals surface area (Å²) in [6.07, 6.45) is -0.0570. The van der Waals surface area contributed by atoms with Crippen molar-refractivity contribution in [3.05, 3.63) is 36.4 Å². The number of amides is 1. The van der Waals surface area contributed by atoms with Gasteiger partial charge in [0.2, 0.25) is 5.91 Å². The van der Waals surface area contributed by atoms with Crippen LogP contribution < -0.4 is 10.1 Å². The maximum absolute atomic E-state index is 12.3. The number of aliphatic carboxylic acids is 1. The van der Waals surface area contributed by atoms with E-state index < -0.39 is 11.9 Å². The van der Waals surface area contributed by atoms with Crippen LogP contribution in [0.15, 0.2) is 36.4 Å². The van der Waals surface area contributed by atoms with E-state index in [1.165, 1.54) is 0 Å². The average Bonchev–Trinajstić information content (AvgIpc) is 2.62. The molecule has 1 aliphatic rings. The van der Waals surface area contributed by atoms with Crippen LogP contribution in [0.4, 0.5) is 5.69 Å². The number of nitrogens with zero attached hydrogens (tertiary/aromatic N) is 2. The standard InChI is InChI=1S/C20H29N3O4/c1-15(2)13-22-7-9-23(10-8-22)14-16(20(25)26)11-19(24)21-17-5-4-6-18(12-17)27-3/h4-6,12,16H,1,7-11,13-14H2,2-3H3,(H,21,24)(H,25,26). The van der Waals surface area contributed by atoms with E-state index in [9.17, 15) is 14.7 Å². The highest BCUT2D eigenvalue weighted by atomic mass is 16.5. The number of methoxy groups -OCH3 is 1. The molecule has 1 unspecified atom stereocenters. The van der Waals surface area contributed by atoms with E-state index in [-0.39, 0.29) is 12.3 Å². The fourth-order valence-corrected chi connectivity index (χ4v) is 3.19. The second-order valence-corrected chi connectivity index (χ2v) is 7.05. The van der Waals surface area contributed by atoms with Gasteiger partial charge in [0.25, 0.3) is 0 Å². The highest BCUT2D eigenvalue weighted by Crippen LogP contribution is 2.18. The first kappa shape index (κ1) is 20.9. The molecule has 7 nitrogen and oxygen atoms in total. The van der Waals surface area contributed by atoms with Crippen molar-refractivity contribution in [2.24, 2.45) is 5.92 Å². The molecule has 1 saturated heterocycles. The van der Waals surface area contributed by atoms with Crippen molar-refractivity contribution in [2.45, 2.75) is 13.3 Å². The fourth-order valence-electron chi connectivity index (χ4n) is 3.19. The number of carboxylic acids is 1. The fraction of sp³-hybridized carbons (Fsp3) is 0.500. The zero-order valence-electron chi connectivity index (χ0n) is 16.1. The molecule has 0 radical (unpaired) electrons. The molecule has 1 aromatic rings. The number of benzene rings is 1. The Hall–Kier alpha value is -2.38. The first-order valence-corrected chi connectivity index (χ1v) is 9.13. The quantitative estimate of drug-likeness (QED) is 0.642. The topological polar surface area (TPSA) is 82.1 Å². The number of carbonyl (C=O) groups is 2. The third kappa shape index (κ3) is 7.03. The summed E-state index contributed by atoms with van der Waals surface area (Å²) >= 11 is 0. The lowest BCUT2D eigenvalue weighted by molar-refractivity contribution is -0.144. The van der Waals surface area contributed by atoms with E-state index >= 15 is 0 Å². The van der Waals surface area contributed by atoms with Crippen molar-refractivity contribution in [3.8, 4) is 5.75 Å². The lowest BCUT2D eigenvalue weighted by Crippen LogP contribution is -2.49. The summed E-state index contributed by atoms with van der Waals surface area (Å²) < 4.78 is 5.13. The molecule has 0 aromatic heterocycles. The number of nitrogens with one attached hydrogen (secondary N) is 1. The highest BCUT2D eigenvalue weighted by molar-refractivity contribution is 5.93. The predicted molar refractivity (Wildman–Crippen MR) is 105 cm³/mol. The van der Waals surface area contributed by atoms with E-state index in [1.54, 1.807) is 31.4 Å². The normalized spacial score (nSPS) is 16.5. The van der Waals surface area contributed by atoms with Crippen LogP contribution in [0.5, 0.6) is 5.75 Å². The SMILES string of the molecule is C=C(C)CN1CCN(CC(CC(=O)Nc2cccc(OC)c2)C(=O)O)CC1. The summed E-state index contributed by atoms with van der Waals surface area (Å²) in [6.45, 7) is 10.6. The maximum atomic E-state index is 12.3. The Balaban J connectivity index is 1.85. The Morgan fingerprint density at radius 3 is 2.52 bits per heavy atom. The third-order valence-electron chi connectivity index (χ3n) is 4.57. The van der Waals surface area contributed by atoms with Crippen LogP contribution in [0.2, 0.25) is 0 Å². The number of carbonyl (C=O) groups excluding carboxylic acids is 1. The van der Waals surface area contributed by atoms with Gasteiger partial charge in [0.05, 0.1) is 13.0 Å². The van der Waals surface area contributed by atoms with Crippen LogP contribution in [0.3, 0.4) is 0 Å². The summed E-state index contributed by atoms with van der Waals surface area (Å²) in [5.41, 5.74) is 1.72. The van der Waals surface area contributed by atoms with Crippen LogP contribution in [-0.2, 0) is 9.59 Å². The van der Waals surface area contributed by atoms with Crippen molar-refractivity contribution in [2.75, 3.05) is 51.7 Å². The Bertz CT molecular complexity index is 669. The first-order chi connectivity index (χ1) is 12.9. The third-order valence-corrected chi connectivity index (χ3v) is 4.57. The van der Waals surface area contributed by atoms with Gasteiger partial charge in [-0.2, -0.15) is 0 Å². The van der Waals surface area contributed by atoms with Gasteiger partial charge in [-0.1, -0.05) is 18.2 Å². The lowest BCUT2D eigenvalue weighted by atomic mass is 10.0. The van der Waals surface area contributed by atoms with Gasteiger partial charge in [0.15, 0.2) is 0 Å². The van der Waals surface area contributed by atoms with Gasteiger partial charge in [-0.3, -0.25) is 19.4 Å². The van der Waals surface area contributed by atoms with Crippen LogP contribution in [0, 0.1) is 5.92 Å². The molecule has 1 amide bonds. The number of hydrogen-bond acceptors (Lipinski definition) is 5. The first-order valence-electron chi connectivity index (χ1n) is 9.13. The molecule has 7 heteroatoms. The largest absolute Gasteiger partial charge is 0.497 e. The van der Waals surface area contributed by atoms with Crippen LogP contribution >= 0.6 is 0 Å². The molecule has 148 valence electrons. The highest BCUT2D eigenvalue weighted by Gasteiger charge is 2.26. The Labute approximate surface area is 160 Å². The number of rotatable bonds is 9. The van der Waals surface area contributed by atoms with Gasteiger partial charge in [0.1, 0.15) is 5.75 Å². The molecule has 0 bridgehead atoms. The zero-order valence-corrected chi connectivity index (χ0v) is 16.1. The summed E-state index contributed by atoms with van der Waals surface area (Å²) in [4.78, 5) is 28.3. The van der Waals surface area contributed by atoms with E-state index in [0.29, 0.717) is 18.0 Å². The minimum absolute atomic E-state index is 0.0570. The molecule has 0 spiro atoms. The summed E-state index contributed by atoms with van der Waals surface area (Å²) in [5.74, 6) is -1.35. The van der Waals surface area contributed by atoms with E-state index in [4.69, 9.17) is 4.74 Å². The molecule has 1 heterocycles. The maximum Gasteiger partial charge on any atom is 0.308 e. The monoisotopic (exact) mass is 375 g/mol. The van der Waals surface area contributed by atoms with Gasteiger partial charge in [0, 0.05) is 57.4 Å². The second kappa shape index (κ2) is 10.1. The van der Waals surface area contributed by atoms with Crippen molar-refractivity contribution in [3.63, 3.8) is 0 Å². The van der Waals surface area contributed by atoms with Crippen molar-refractivity contribution >= 4 is 17.6 Å². The molecule has 1 aliphatic heterocycles. The Morgan fingerprint density at radius 2 is 1.93 bits per heavy atom. The van der Waals surface area contributed by atoms with Crippen molar-refractivity contribution < 1.29 is 19.4 Å². The van der Waals surface area contributed by atoms with E-state index in [0.717, 1.165) is 38.3 Å². The number of piperazine rings is 1. The predicted octanol–water partition coefficient (Wildman–Crippen LogP) is 1.92. The summed E-state index contributed by atoms with van der Waals surface area (Å²) in [5, 5.41) is 12.3. The molecule has 2 rings (SSSR count). The van der Waals surface area contributed by atoms with Crippen molar-refractivity contribution in [1.29, 1.82) is 0 Å². The smallest absolute Gasteiger partial charge is 0.308 e. The van der Waals surface area contributed by atoms with Gasteiger partial charge < -0.3 is 15.2 Å².